The lowest BCUT2D eigenvalue weighted by Crippen LogP contribution is -2.00. The molecule has 0 aliphatic carbocycles. The highest BCUT2D eigenvalue weighted by Gasteiger charge is 2.05. The Labute approximate surface area is 117 Å². The van der Waals surface area contributed by atoms with Gasteiger partial charge in [-0.15, -0.1) is 0 Å². The molecule has 108 valence electrons. The van der Waals surface area contributed by atoms with Crippen LogP contribution in [0.15, 0.2) is 36.5 Å². The van der Waals surface area contributed by atoms with Crippen LogP contribution in [-0.2, 0) is 4.79 Å². The molecule has 19 heavy (non-hydrogen) atoms. The molecule has 0 bridgehead atoms. The Kier molecular flexibility index (Phi) is 9.87. The van der Waals surface area contributed by atoms with Gasteiger partial charge in [0, 0.05) is 6.42 Å². The Morgan fingerprint density at radius 2 is 1.89 bits per heavy atom. The van der Waals surface area contributed by atoms with Crippen LogP contribution in [0.2, 0.25) is 0 Å². The van der Waals surface area contributed by atoms with Gasteiger partial charge in [0.2, 0.25) is 0 Å². The van der Waals surface area contributed by atoms with Crippen molar-refractivity contribution in [2.45, 2.75) is 52.9 Å². The number of carbonyl (C=O) groups is 1. The van der Waals surface area contributed by atoms with Crippen molar-refractivity contribution in [2.75, 3.05) is 0 Å². The molecule has 0 radical (unpaired) electrons. The van der Waals surface area contributed by atoms with Crippen LogP contribution in [0, 0.1) is 11.8 Å². The summed E-state index contributed by atoms with van der Waals surface area (Å²) in [5.41, 5.74) is 0.987. The number of carboxylic acid groups (broad SMARTS) is 1. The van der Waals surface area contributed by atoms with E-state index in [-0.39, 0.29) is 12.3 Å². The van der Waals surface area contributed by atoms with Gasteiger partial charge in [-0.2, -0.15) is 0 Å². The number of unbranched alkanes of at least 4 members (excludes halogenated alkanes) is 2. The van der Waals surface area contributed by atoms with Gasteiger partial charge >= 0.3 is 5.97 Å². The first-order valence-corrected chi connectivity index (χ1v) is 7.21. The molecule has 0 aliphatic rings. The van der Waals surface area contributed by atoms with Gasteiger partial charge in [-0.25, -0.2) is 0 Å². The van der Waals surface area contributed by atoms with Crippen LogP contribution in [0.5, 0.6) is 0 Å². The number of aliphatic carboxylic acids is 1. The fourth-order valence-electron chi connectivity index (χ4n) is 1.67. The zero-order chi connectivity index (χ0) is 14.7. The summed E-state index contributed by atoms with van der Waals surface area (Å²) in [7, 11) is 0. The van der Waals surface area contributed by atoms with Gasteiger partial charge in [-0.05, 0) is 24.7 Å². The Morgan fingerprint density at radius 3 is 2.47 bits per heavy atom. The molecule has 2 heteroatoms. The van der Waals surface area contributed by atoms with E-state index in [0.717, 1.165) is 12.0 Å². The van der Waals surface area contributed by atoms with Gasteiger partial charge in [0.25, 0.3) is 0 Å². The van der Waals surface area contributed by atoms with Gasteiger partial charge in [-0.1, -0.05) is 70.1 Å². The molecule has 0 amide bonds. The van der Waals surface area contributed by atoms with E-state index in [9.17, 15) is 4.79 Å². The monoisotopic (exact) mass is 264 g/mol. The SMILES string of the molecule is C=C(CCC(=O)O)C(C)/C=C/C(C)/C=C/CCCC. The van der Waals surface area contributed by atoms with E-state index in [4.69, 9.17) is 5.11 Å². The van der Waals surface area contributed by atoms with Crippen LogP contribution in [0.4, 0.5) is 0 Å². The molecular weight excluding hydrogens is 236 g/mol. The highest BCUT2D eigenvalue weighted by molar-refractivity contribution is 5.67. The lowest BCUT2D eigenvalue weighted by Gasteiger charge is -2.10. The Morgan fingerprint density at radius 1 is 1.21 bits per heavy atom. The van der Waals surface area contributed by atoms with E-state index in [0.29, 0.717) is 12.3 Å². The molecule has 0 aromatic carbocycles. The first-order valence-electron chi connectivity index (χ1n) is 7.21. The molecule has 0 saturated heterocycles. The first kappa shape index (κ1) is 17.7. The highest BCUT2D eigenvalue weighted by Crippen LogP contribution is 2.17. The van der Waals surface area contributed by atoms with Gasteiger partial charge in [0.15, 0.2) is 0 Å². The molecule has 0 saturated carbocycles. The summed E-state index contributed by atoms with van der Waals surface area (Å²) in [5, 5.41) is 8.63. The maximum Gasteiger partial charge on any atom is 0.303 e. The summed E-state index contributed by atoms with van der Waals surface area (Å²) in [5.74, 6) is -0.0954. The van der Waals surface area contributed by atoms with E-state index in [1.165, 1.54) is 12.8 Å². The van der Waals surface area contributed by atoms with E-state index in [2.05, 4.69) is 51.7 Å². The van der Waals surface area contributed by atoms with Crippen molar-refractivity contribution in [1.29, 1.82) is 0 Å². The maximum atomic E-state index is 10.5. The molecular formula is C17H28O2. The Bertz CT molecular complexity index is 326. The second kappa shape index (κ2) is 10.6. The normalized spacial score (nSPS) is 14.9. The number of allylic oxidation sites excluding steroid dienone is 5. The third-order valence-electron chi connectivity index (χ3n) is 3.17. The number of hydrogen-bond acceptors (Lipinski definition) is 1. The third-order valence-corrected chi connectivity index (χ3v) is 3.17. The zero-order valence-corrected chi connectivity index (χ0v) is 12.6. The van der Waals surface area contributed by atoms with Crippen molar-refractivity contribution in [2.24, 2.45) is 11.8 Å². The van der Waals surface area contributed by atoms with E-state index in [1.807, 2.05) is 0 Å². The predicted octanol–water partition coefficient (Wildman–Crippen LogP) is 4.98. The molecule has 1 N–H and O–H groups in total. The van der Waals surface area contributed by atoms with Gasteiger partial charge in [0.1, 0.15) is 0 Å². The summed E-state index contributed by atoms with van der Waals surface area (Å²) in [6, 6.07) is 0. The van der Waals surface area contributed by atoms with Crippen LogP contribution in [0.25, 0.3) is 0 Å². The molecule has 2 nitrogen and oxygen atoms in total. The predicted molar refractivity (Wildman–Crippen MR) is 82.1 cm³/mol. The second-order valence-corrected chi connectivity index (χ2v) is 5.16. The largest absolute Gasteiger partial charge is 0.481 e. The van der Waals surface area contributed by atoms with Crippen LogP contribution < -0.4 is 0 Å². The smallest absolute Gasteiger partial charge is 0.303 e. The van der Waals surface area contributed by atoms with Crippen molar-refractivity contribution < 1.29 is 9.90 Å². The van der Waals surface area contributed by atoms with Crippen LogP contribution in [0.3, 0.4) is 0 Å². The number of rotatable bonds is 10. The number of hydrogen-bond donors (Lipinski definition) is 1. The summed E-state index contributed by atoms with van der Waals surface area (Å²) in [4.78, 5) is 10.5. The molecule has 2 atom stereocenters. The van der Waals surface area contributed by atoms with Gasteiger partial charge in [-0.3, -0.25) is 4.79 Å². The summed E-state index contributed by atoms with van der Waals surface area (Å²) < 4.78 is 0. The Hall–Kier alpha value is -1.31. The average Bonchev–Trinajstić information content (AvgIpc) is 2.38. The Balaban J connectivity index is 4.05. The summed E-state index contributed by atoms with van der Waals surface area (Å²) in [6.07, 6.45) is 13.1. The fraction of sp³-hybridized carbons (Fsp3) is 0.588. The minimum Gasteiger partial charge on any atom is -0.481 e. The van der Waals surface area contributed by atoms with Crippen molar-refractivity contribution in [3.05, 3.63) is 36.5 Å². The topological polar surface area (TPSA) is 37.3 Å². The van der Waals surface area contributed by atoms with Crippen molar-refractivity contribution in [1.82, 2.24) is 0 Å². The fourth-order valence-corrected chi connectivity index (χ4v) is 1.67. The zero-order valence-electron chi connectivity index (χ0n) is 12.6. The molecule has 0 rings (SSSR count). The minimum atomic E-state index is -0.760. The molecule has 0 spiro atoms. The molecule has 0 aromatic heterocycles. The van der Waals surface area contributed by atoms with Crippen LogP contribution >= 0.6 is 0 Å². The van der Waals surface area contributed by atoms with E-state index >= 15 is 0 Å². The number of carboxylic acids is 1. The van der Waals surface area contributed by atoms with Crippen LogP contribution in [0.1, 0.15) is 52.9 Å². The minimum absolute atomic E-state index is 0.170. The quantitative estimate of drug-likeness (QED) is 0.446. The lowest BCUT2D eigenvalue weighted by atomic mass is 9.96. The molecule has 0 fully saturated rings. The molecule has 0 aromatic rings. The molecule has 0 aliphatic heterocycles. The van der Waals surface area contributed by atoms with Crippen LogP contribution in [-0.4, -0.2) is 11.1 Å². The van der Waals surface area contributed by atoms with Crippen molar-refractivity contribution in [3.8, 4) is 0 Å². The van der Waals surface area contributed by atoms with Crippen molar-refractivity contribution >= 4 is 5.97 Å². The first-order chi connectivity index (χ1) is 8.97. The molecule has 2 unspecified atom stereocenters. The van der Waals surface area contributed by atoms with Crippen molar-refractivity contribution in [3.63, 3.8) is 0 Å². The van der Waals surface area contributed by atoms with E-state index in [1.54, 1.807) is 0 Å². The average molecular weight is 264 g/mol. The highest BCUT2D eigenvalue weighted by atomic mass is 16.4. The van der Waals surface area contributed by atoms with E-state index < -0.39 is 5.97 Å². The third kappa shape index (κ3) is 10.3. The maximum absolute atomic E-state index is 10.5. The molecule has 0 heterocycles. The van der Waals surface area contributed by atoms with Gasteiger partial charge < -0.3 is 5.11 Å². The second-order valence-electron chi connectivity index (χ2n) is 5.16. The summed E-state index contributed by atoms with van der Waals surface area (Å²) >= 11 is 0. The summed E-state index contributed by atoms with van der Waals surface area (Å²) in [6.45, 7) is 10.4. The standard InChI is InChI=1S/C17H28O2/c1-5-6-7-8-9-14(2)10-11-15(3)16(4)12-13-17(18)19/h8-11,14-15H,4-7,12-13H2,1-3H3,(H,18,19)/b9-8+,11-10+. The lowest BCUT2D eigenvalue weighted by molar-refractivity contribution is -0.136. The van der Waals surface area contributed by atoms with Gasteiger partial charge in [0.05, 0.1) is 0 Å².